The summed E-state index contributed by atoms with van der Waals surface area (Å²) in [4.78, 5) is 4.22. The van der Waals surface area contributed by atoms with Crippen molar-refractivity contribution in [3.63, 3.8) is 0 Å². The summed E-state index contributed by atoms with van der Waals surface area (Å²) in [6, 6.07) is 7.50. The third-order valence-corrected chi connectivity index (χ3v) is 2.95. The van der Waals surface area contributed by atoms with Crippen molar-refractivity contribution in [2.75, 3.05) is 0 Å². The lowest BCUT2D eigenvalue weighted by molar-refractivity contribution is 0.581. The molecule has 0 amide bonds. The fraction of sp³-hybridized carbons (Fsp3) is 0.333. The average molecular weight is 251 g/mol. The van der Waals surface area contributed by atoms with Crippen LogP contribution in [0.5, 0.6) is 0 Å². The highest BCUT2D eigenvalue weighted by molar-refractivity contribution is 6.30. The maximum absolute atomic E-state index is 6.14. The van der Waals surface area contributed by atoms with Crippen LogP contribution in [0.2, 0.25) is 5.02 Å². The third kappa shape index (κ3) is 2.84. The summed E-state index contributed by atoms with van der Waals surface area (Å²) in [6.45, 7) is 2.84. The van der Waals surface area contributed by atoms with Gasteiger partial charge >= 0.3 is 0 Å². The molecule has 4 nitrogen and oxygen atoms in total. The smallest absolute Gasteiger partial charge is 0.138 e. The Morgan fingerprint density at radius 1 is 1.35 bits per heavy atom. The van der Waals surface area contributed by atoms with E-state index in [1.54, 1.807) is 6.33 Å². The molecule has 0 aliphatic heterocycles. The molecule has 90 valence electrons. The fourth-order valence-corrected chi connectivity index (χ4v) is 1.86. The average Bonchev–Trinajstić information content (AvgIpc) is 2.77. The van der Waals surface area contributed by atoms with Crippen molar-refractivity contribution < 1.29 is 0 Å². The van der Waals surface area contributed by atoms with Crippen LogP contribution in [0.4, 0.5) is 0 Å². The normalized spacial score (nSPS) is 12.6. The predicted molar refractivity (Wildman–Crippen MR) is 67.8 cm³/mol. The van der Waals surface area contributed by atoms with Crippen molar-refractivity contribution in [2.24, 2.45) is 5.73 Å². The molecule has 17 heavy (non-hydrogen) atoms. The molecule has 5 heteroatoms. The van der Waals surface area contributed by atoms with Gasteiger partial charge in [0.25, 0.3) is 0 Å². The number of nitrogens with zero attached hydrogens (tertiary/aromatic N) is 3. The van der Waals surface area contributed by atoms with Gasteiger partial charge in [-0.3, -0.25) is 4.68 Å². The number of hydrogen-bond acceptors (Lipinski definition) is 3. The van der Waals surface area contributed by atoms with Crippen molar-refractivity contribution in [3.8, 4) is 0 Å². The van der Waals surface area contributed by atoms with Gasteiger partial charge in [0.15, 0.2) is 0 Å². The minimum Gasteiger partial charge on any atom is -0.324 e. The van der Waals surface area contributed by atoms with Gasteiger partial charge in [0, 0.05) is 24.0 Å². The van der Waals surface area contributed by atoms with Crippen molar-refractivity contribution in [1.82, 2.24) is 14.8 Å². The van der Waals surface area contributed by atoms with Crippen LogP contribution < -0.4 is 5.73 Å². The van der Waals surface area contributed by atoms with Gasteiger partial charge in [-0.2, -0.15) is 5.10 Å². The molecular formula is C12H15ClN4. The SMILES string of the molecule is CCn1ncnc1CC(N)c1ccc(Cl)cc1. The van der Waals surface area contributed by atoms with E-state index in [2.05, 4.69) is 10.1 Å². The molecular weight excluding hydrogens is 236 g/mol. The van der Waals surface area contributed by atoms with E-state index >= 15 is 0 Å². The Bertz CT molecular complexity index is 478. The zero-order chi connectivity index (χ0) is 12.3. The Balaban J connectivity index is 2.11. The van der Waals surface area contributed by atoms with Crippen LogP contribution in [0.25, 0.3) is 0 Å². The minimum absolute atomic E-state index is 0.0817. The molecule has 2 N–H and O–H groups in total. The number of aryl methyl sites for hydroxylation is 1. The number of nitrogens with two attached hydrogens (primary N) is 1. The van der Waals surface area contributed by atoms with Gasteiger partial charge < -0.3 is 5.73 Å². The lowest BCUT2D eigenvalue weighted by Crippen LogP contribution is -2.16. The number of halogens is 1. The molecule has 2 aromatic rings. The van der Waals surface area contributed by atoms with E-state index in [0.29, 0.717) is 6.42 Å². The van der Waals surface area contributed by atoms with E-state index in [4.69, 9.17) is 17.3 Å². The number of hydrogen-bond donors (Lipinski definition) is 1. The molecule has 0 saturated heterocycles. The quantitative estimate of drug-likeness (QED) is 0.905. The first-order chi connectivity index (χ1) is 8.20. The molecule has 0 radical (unpaired) electrons. The highest BCUT2D eigenvalue weighted by Gasteiger charge is 2.11. The Hall–Kier alpha value is -1.39. The molecule has 0 aliphatic carbocycles. The van der Waals surface area contributed by atoms with Crippen LogP contribution in [0.1, 0.15) is 24.4 Å². The second-order valence-corrected chi connectivity index (χ2v) is 4.29. The molecule has 0 spiro atoms. The lowest BCUT2D eigenvalue weighted by atomic mass is 10.0. The van der Waals surface area contributed by atoms with Gasteiger partial charge in [-0.1, -0.05) is 23.7 Å². The Morgan fingerprint density at radius 2 is 2.06 bits per heavy atom. The molecule has 1 aromatic heterocycles. The predicted octanol–water partition coefficient (Wildman–Crippen LogP) is 2.19. The van der Waals surface area contributed by atoms with E-state index in [1.807, 2.05) is 35.9 Å². The number of rotatable bonds is 4. The second-order valence-electron chi connectivity index (χ2n) is 3.85. The monoisotopic (exact) mass is 250 g/mol. The first-order valence-corrected chi connectivity index (χ1v) is 5.96. The Morgan fingerprint density at radius 3 is 2.71 bits per heavy atom. The summed E-state index contributed by atoms with van der Waals surface area (Å²) in [5.41, 5.74) is 7.19. The molecule has 1 unspecified atom stereocenters. The zero-order valence-electron chi connectivity index (χ0n) is 9.68. The van der Waals surface area contributed by atoms with Crippen LogP contribution >= 0.6 is 11.6 Å². The van der Waals surface area contributed by atoms with Gasteiger partial charge in [0.05, 0.1) is 0 Å². The van der Waals surface area contributed by atoms with E-state index in [-0.39, 0.29) is 6.04 Å². The largest absolute Gasteiger partial charge is 0.324 e. The minimum atomic E-state index is -0.0817. The molecule has 1 atom stereocenters. The molecule has 1 heterocycles. The van der Waals surface area contributed by atoms with Crippen molar-refractivity contribution in [1.29, 1.82) is 0 Å². The maximum atomic E-state index is 6.14. The van der Waals surface area contributed by atoms with Crippen molar-refractivity contribution >= 4 is 11.6 Å². The van der Waals surface area contributed by atoms with Crippen LogP contribution in [0, 0.1) is 0 Å². The summed E-state index contributed by atoms with van der Waals surface area (Å²) in [6.07, 6.45) is 2.24. The molecule has 0 aliphatic rings. The molecule has 0 saturated carbocycles. The standard InChI is InChI=1S/C12H15ClN4/c1-2-17-12(15-8-16-17)7-11(14)9-3-5-10(13)6-4-9/h3-6,8,11H,2,7,14H2,1H3. The summed E-state index contributed by atoms with van der Waals surface area (Å²) >= 11 is 5.84. The highest BCUT2D eigenvalue weighted by atomic mass is 35.5. The van der Waals surface area contributed by atoms with Gasteiger partial charge in [-0.25, -0.2) is 4.98 Å². The van der Waals surface area contributed by atoms with Gasteiger partial charge in [0.2, 0.25) is 0 Å². The Labute approximate surface area is 105 Å². The van der Waals surface area contributed by atoms with Crippen LogP contribution in [-0.4, -0.2) is 14.8 Å². The molecule has 0 bridgehead atoms. The first-order valence-electron chi connectivity index (χ1n) is 5.58. The molecule has 1 aromatic carbocycles. The summed E-state index contributed by atoms with van der Waals surface area (Å²) < 4.78 is 1.86. The van der Waals surface area contributed by atoms with Crippen LogP contribution in [-0.2, 0) is 13.0 Å². The zero-order valence-corrected chi connectivity index (χ0v) is 10.4. The van der Waals surface area contributed by atoms with Crippen molar-refractivity contribution in [2.45, 2.75) is 25.9 Å². The van der Waals surface area contributed by atoms with Gasteiger partial charge in [-0.05, 0) is 24.6 Å². The van der Waals surface area contributed by atoms with Crippen LogP contribution in [0.15, 0.2) is 30.6 Å². The van der Waals surface area contributed by atoms with Crippen molar-refractivity contribution in [3.05, 3.63) is 47.0 Å². The van der Waals surface area contributed by atoms with Gasteiger partial charge in [0.1, 0.15) is 12.2 Å². The van der Waals surface area contributed by atoms with Gasteiger partial charge in [-0.15, -0.1) is 0 Å². The summed E-state index contributed by atoms with van der Waals surface area (Å²) in [5.74, 6) is 0.912. The molecule has 0 fully saturated rings. The fourth-order valence-electron chi connectivity index (χ4n) is 1.73. The number of aromatic nitrogens is 3. The van der Waals surface area contributed by atoms with E-state index in [1.165, 1.54) is 0 Å². The first kappa shape index (κ1) is 12.1. The number of benzene rings is 1. The molecule has 2 rings (SSSR count). The van der Waals surface area contributed by atoms with E-state index in [0.717, 1.165) is 23.0 Å². The summed E-state index contributed by atoms with van der Waals surface area (Å²) in [5, 5.41) is 4.84. The summed E-state index contributed by atoms with van der Waals surface area (Å²) in [7, 11) is 0. The van der Waals surface area contributed by atoms with E-state index < -0.39 is 0 Å². The Kier molecular flexibility index (Phi) is 3.76. The lowest BCUT2D eigenvalue weighted by Gasteiger charge is -2.12. The van der Waals surface area contributed by atoms with Crippen LogP contribution in [0.3, 0.4) is 0 Å². The van der Waals surface area contributed by atoms with E-state index in [9.17, 15) is 0 Å². The second kappa shape index (κ2) is 5.29. The third-order valence-electron chi connectivity index (χ3n) is 2.70. The topological polar surface area (TPSA) is 56.7 Å². The maximum Gasteiger partial charge on any atom is 0.138 e. The highest BCUT2D eigenvalue weighted by Crippen LogP contribution is 2.17.